The van der Waals surface area contributed by atoms with Gasteiger partial charge in [0.15, 0.2) is 0 Å². The molecule has 0 saturated carbocycles. The van der Waals surface area contributed by atoms with E-state index in [4.69, 9.17) is 4.74 Å². The summed E-state index contributed by atoms with van der Waals surface area (Å²) < 4.78 is 33.7. The van der Waals surface area contributed by atoms with Gasteiger partial charge < -0.3 is 10.1 Å². The summed E-state index contributed by atoms with van der Waals surface area (Å²) in [6, 6.07) is 14.9. The zero-order valence-electron chi connectivity index (χ0n) is 17.8. The number of methoxy groups -OCH3 is 1. The Bertz CT molecular complexity index is 1310. The third-order valence-electron chi connectivity index (χ3n) is 5.59. The number of nitrogens with one attached hydrogen (secondary N) is 1. The number of amides is 1. The number of hydrogen-bond donors (Lipinski definition) is 1. The van der Waals surface area contributed by atoms with Crippen molar-refractivity contribution in [1.29, 1.82) is 0 Å². The molecule has 4 rings (SSSR count). The highest BCUT2D eigenvalue weighted by Gasteiger charge is 2.27. The van der Waals surface area contributed by atoms with E-state index in [0.717, 1.165) is 18.4 Å². The fourth-order valence-corrected chi connectivity index (χ4v) is 5.42. The predicted octanol–water partition coefficient (Wildman–Crippen LogP) is 2.11. The first-order valence-corrected chi connectivity index (χ1v) is 11.9. The molecule has 0 spiro atoms. The first-order chi connectivity index (χ1) is 15.4. The number of aromatic nitrogens is 1. The molecule has 2 heterocycles. The van der Waals surface area contributed by atoms with Crippen LogP contribution in [-0.2, 0) is 27.9 Å². The van der Waals surface area contributed by atoms with Crippen LogP contribution in [0, 0.1) is 0 Å². The second-order valence-corrected chi connectivity index (χ2v) is 9.66. The maximum Gasteiger partial charge on any atom is 0.251 e. The van der Waals surface area contributed by atoms with Crippen molar-refractivity contribution in [3.05, 3.63) is 70.5 Å². The Balaban J connectivity index is 1.55. The molecule has 0 aliphatic carbocycles. The number of hydrogen-bond acceptors (Lipinski definition) is 5. The van der Waals surface area contributed by atoms with Crippen molar-refractivity contribution in [2.75, 3.05) is 20.2 Å². The molecule has 2 aromatic carbocycles. The lowest BCUT2D eigenvalue weighted by atomic mass is 10.2. The van der Waals surface area contributed by atoms with Crippen LogP contribution in [0.5, 0.6) is 5.75 Å². The van der Waals surface area contributed by atoms with E-state index in [2.05, 4.69) is 5.32 Å². The Morgan fingerprint density at radius 1 is 1.06 bits per heavy atom. The molecule has 3 aromatic rings. The molecule has 0 radical (unpaired) electrons. The van der Waals surface area contributed by atoms with Crippen molar-refractivity contribution in [1.82, 2.24) is 14.2 Å². The van der Waals surface area contributed by atoms with Gasteiger partial charge in [0, 0.05) is 25.7 Å². The zero-order valence-corrected chi connectivity index (χ0v) is 18.6. The Labute approximate surface area is 186 Å². The molecule has 0 unspecified atom stereocenters. The number of ether oxygens (including phenoxy) is 1. The molecule has 1 aromatic heterocycles. The Hall–Kier alpha value is -3.17. The molecule has 1 fully saturated rings. The van der Waals surface area contributed by atoms with E-state index in [9.17, 15) is 18.0 Å². The van der Waals surface area contributed by atoms with E-state index < -0.39 is 10.0 Å². The first kappa shape index (κ1) is 22.0. The molecule has 0 atom stereocenters. The topological polar surface area (TPSA) is 97.7 Å². The number of rotatable bonds is 7. The summed E-state index contributed by atoms with van der Waals surface area (Å²) in [5.41, 5.74) is 1.05. The summed E-state index contributed by atoms with van der Waals surface area (Å²) in [7, 11) is -1.99. The quantitative estimate of drug-likeness (QED) is 0.589. The fraction of sp³-hybridized carbons (Fsp3) is 0.304. The fourth-order valence-electron chi connectivity index (χ4n) is 3.87. The number of carbonyl (C=O) groups is 1. The molecule has 9 heteroatoms. The molecule has 1 amide bonds. The van der Waals surface area contributed by atoms with E-state index in [1.54, 1.807) is 25.3 Å². The minimum absolute atomic E-state index is 0.168. The van der Waals surface area contributed by atoms with Gasteiger partial charge in [0.2, 0.25) is 15.9 Å². The lowest BCUT2D eigenvalue weighted by Crippen LogP contribution is -2.32. The summed E-state index contributed by atoms with van der Waals surface area (Å²) in [4.78, 5) is 25.2. The molecule has 8 nitrogen and oxygen atoms in total. The number of sulfonamides is 1. The van der Waals surface area contributed by atoms with Crippen LogP contribution in [0.15, 0.2) is 64.3 Å². The van der Waals surface area contributed by atoms with Gasteiger partial charge in [0.1, 0.15) is 12.3 Å². The highest BCUT2D eigenvalue weighted by molar-refractivity contribution is 7.89. The SMILES string of the molecule is COc1cccc(CNC(=O)Cn2c(=O)ccc3cc(S(=O)(=O)N4CCCC4)ccc32)c1. The molecule has 0 bridgehead atoms. The van der Waals surface area contributed by atoms with Crippen LogP contribution < -0.4 is 15.6 Å². The number of nitrogens with zero attached hydrogens (tertiary/aromatic N) is 2. The third-order valence-corrected chi connectivity index (χ3v) is 7.48. The van der Waals surface area contributed by atoms with Gasteiger partial charge in [-0.25, -0.2) is 8.42 Å². The minimum Gasteiger partial charge on any atom is -0.497 e. The first-order valence-electron chi connectivity index (χ1n) is 10.4. The molecular formula is C23H25N3O5S. The predicted molar refractivity (Wildman–Crippen MR) is 121 cm³/mol. The summed E-state index contributed by atoms with van der Waals surface area (Å²) in [6.45, 7) is 1.17. The van der Waals surface area contributed by atoms with E-state index >= 15 is 0 Å². The van der Waals surface area contributed by atoms with Gasteiger partial charge in [0.25, 0.3) is 5.56 Å². The summed E-state index contributed by atoms with van der Waals surface area (Å²) in [5.74, 6) is 0.373. The molecule has 168 valence electrons. The highest BCUT2D eigenvalue weighted by atomic mass is 32.2. The van der Waals surface area contributed by atoms with Crippen molar-refractivity contribution < 1.29 is 17.9 Å². The van der Waals surface area contributed by atoms with Crippen LogP contribution in [0.3, 0.4) is 0 Å². The molecular weight excluding hydrogens is 430 g/mol. The van der Waals surface area contributed by atoms with Gasteiger partial charge in [-0.3, -0.25) is 14.2 Å². The van der Waals surface area contributed by atoms with Crippen molar-refractivity contribution in [3.63, 3.8) is 0 Å². The third kappa shape index (κ3) is 4.53. The van der Waals surface area contributed by atoms with Crippen LogP contribution in [0.1, 0.15) is 18.4 Å². The number of fused-ring (bicyclic) bond motifs is 1. The Morgan fingerprint density at radius 2 is 1.84 bits per heavy atom. The zero-order chi connectivity index (χ0) is 22.7. The van der Waals surface area contributed by atoms with Gasteiger partial charge in [-0.05, 0) is 60.2 Å². The standard InChI is InChI=1S/C23H25N3O5S/c1-31-19-6-4-5-17(13-19)15-24-22(27)16-26-21-9-8-20(14-18(21)7-10-23(26)28)32(29,30)25-11-2-3-12-25/h4-10,13-14H,2-3,11-12,15-16H2,1H3,(H,24,27). The number of benzene rings is 2. The molecule has 1 aliphatic heterocycles. The monoisotopic (exact) mass is 455 g/mol. The van der Waals surface area contributed by atoms with E-state index in [1.807, 2.05) is 24.3 Å². The smallest absolute Gasteiger partial charge is 0.251 e. The van der Waals surface area contributed by atoms with Crippen LogP contribution in [-0.4, -0.2) is 43.4 Å². The van der Waals surface area contributed by atoms with E-state index in [0.29, 0.717) is 36.3 Å². The van der Waals surface area contributed by atoms with Crippen LogP contribution >= 0.6 is 0 Å². The average molecular weight is 456 g/mol. The van der Waals surface area contributed by atoms with Crippen LogP contribution in [0.4, 0.5) is 0 Å². The lowest BCUT2D eigenvalue weighted by molar-refractivity contribution is -0.121. The summed E-state index contributed by atoms with van der Waals surface area (Å²) >= 11 is 0. The Morgan fingerprint density at radius 3 is 2.59 bits per heavy atom. The van der Waals surface area contributed by atoms with Gasteiger partial charge in [0.05, 0.1) is 17.5 Å². The molecule has 1 saturated heterocycles. The second kappa shape index (κ2) is 9.13. The Kier molecular flexibility index (Phi) is 6.29. The van der Waals surface area contributed by atoms with Crippen molar-refractivity contribution >= 4 is 26.8 Å². The average Bonchev–Trinajstić information content (AvgIpc) is 3.35. The van der Waals surface area contributed by atoms with E-state index in [-0.39, 0.29) is 22.9 Å². The van der Waals surface area contributed by atoms with Crippen molar-refractivity contribution in [3.8, 4) is 5.75 Å². The second-order valence-electron chi connectivity index (χ2n) is 7.72. The minimum atomic E-state index is -3.56. The lowest BCUT2D eigenvalue weighted by Gasteiger charge is -2.16. The number of carbonyl (C=O) groups excluding carboxylic acids is 1. The molecule has 1 N–H and O–H groups in total. The highest BCUT2D eigenvalue weighted by Crippen LogP contribution is 2.24. The van der Waals surface area contributed by atoms with Gasteiger partial charge in [-0.15, -0.1) is 0 Å². The maximum absolute atomic E-state index is 12.9. The van der Waals surface area contributed by atoms with Crippen molar-refractivity contribution in [2.45, 2.75) is 30.8 Å². The maximum atomic E-state index is 12.9. The molecule has 32 heavy (non-hydrogen) atoms. The van der Waals surface area contributed by atoms with Gasteiger partial charge in [-0.2, -0.15) is 4.31 Å². The van der Waals surface area contributed by atoms with Gasteiger partial charge >= 0.3 is 0 Å². The molecule has 1 aliphatic rings. The summed E-state index contributed by atoms with van der Waals surface area (Å²) in [6.07, 6.45) is 1.72. The number of pyridine rings is 1. The van der Waals surface area contributed by atoms with Crippen LogP contribution in [0.25, 0.3) is 10.9 Å². The normalized spacial score (nSPS) is 14.5. The van der Waals surface area contributed by atoms with E-state index in [1.165, 1.54) is 21.0 Å². The summed E-state index contributed by atoms with van der Waals surface area (Å²) in [5, 5.41) is 3.40. The van der Waals surface area contributed by atoms with Crippen molar-refractivity contribution in [2.24, 2.45) is 0 Å². The largest absolute Gasteiger partial charge is 0.497 e. The van der Waals surface area contributed by atoms with Crippen LogP contribution in [0.2, 0.25) is 0 Å². The van der Waals surface area contributed by atoms with Gasteiger partial charge in [-0.1, -0.05) is 12.1 Å².